The highest BCUT2D eigenvalue weighted by Gasteiger charge is 2.36. The van der Waals surface area contributed by atoms with Crippen molar-refractivity contribution in [3.05, 3.63) is 53.8 Å². The minimum absolute atomic E-state index is 0.241. The number of amides is 1. The molecule has 0 radical (unpaired) electrons. The fourth-order valence-corrected chi connectivity index (χ4v) is 5.75. The summed E-state index contributed by atoms with van der Waals surface area (Å²) in [6.07, 6.45) is 5.13. The molecule has 180 valence electrons. The van der Waals surface area contributed by atoms with Crippen LogP contribution in [0.4, 0.5) is 10.8 Å². The highest BCUT2D eigenvalue weighted by Crippen LogP contribution is 2.32. The molecule has 1 atom stereocenters. The first-order valence-corrected chi connectivity index (χ1v) is 13.2. The van der Waals surface area contributed by atoms with Crippen LogP contribution in [0.5, 0.6) is 5.75 Å². The molecule has 0 bridgehead atoms. The number of pyridine rings is 1. The van der Waals surface area contributed by atoms with Gasteiger partial charge in [0.05, 0.1) is 30.2 Å². The Morgan fingerprint density at radius 2 is 1.94 bits per heavy atom. The quantitative estimate of drug-likeness (QED) is 0.408. The van der Waals surface area contributed by atoms with Crippen molar-refractivity contribution < 1.29 is 22.7 Å². The maximum absolute atomic E-state index is 13.1. The molecule has 1 aliphatic carbocycles. The molecule has 0 saturated heterocycles. The van der Waals surface area contributed by atoms with Gasteiger partial charge in [0, 0.05) is 36.5 Å². The van der Waals surface area contributed by atoms with Gasteiger partial charge < -0.3 is 14.8 Å². The number of hydrogen-bond acceptors (Lipinski definition) is 8. The third kappa shape index (κ3) is 5.91. The van der Waals surface area contributed by atoms with Gasteiger partial charge in [-0.1, -0.05) is 12.1 Å². The topological polar surface area (TPSA) is 120 Å². The zero-order chi connectivity index (χ0) is 24.1. The Morgan fingerprint density at radius 1 is 1.18 bits per heavy atom. The van der Waals surface area contributed by atoms with Gasteiger partial charge in [0.25, 0.3) is 0 Å². The molecule has 1 amide bonds. The highest BCUT2D eigenvalue weighted by molar-refractivity contribution is 7.93. The first kappa shape index (κ1) is 24.1. The third-order valence-electron chi connectivity index (χ3n) is 5.43. The molecule has 1 aliphatic rings. The van der Waals surface area contributed by atoms with Gasteiger partial charge >= 0.3 is 0 Å². The molecule has 11 heteroatoms. The van der Waals surface area contributed by atoms with Crippen molar-refractivity contribution >= 4 is 38.1 Å². The Labute approximate surface area is 202 Å². The predicted octanol–water partition coefficient (Wildman–Crippen LogP) is 3.88. The number of thiazole rings is 1. The average Bonchev–Trinajstić information content (AvgIpc) is 3.61. The van der Waals surface area contributed by atoms with Gasteiger partial charge in [-0.2, -0.15) is 0 Å². The summed E-state index contributed by atoms with van der Waals surface area (Å²) in [7, 11) is -0.252. The van der Waals surface area contributed by atoms with Crippen LogP contribution in [0.3, 0.4) is 0 Å². The van der Waals surface area contributed by atoms with Crippen LogP contribution < -0.4 is 14.8 Å². The number of hydrogen-bond donors (Lipinski definition) is 2. The Kier molecular flexibility index (Phi) is 7.44. The second-order valence-corrected chi connectivity index (χ2v) is 10.8. The van der Waals surface area contributed by atoms with Crippen molar-refractivity contribution in [1.29, 1.82) is 0 Å². The van der Waals surface area contributed by atoms with Crippen molar-refractivity contribution in [2.75, 3.05) is 30.9 Å². The van der Waals surface area contributed by atoms with Gasteiger partial charge in [0.15, 0.2) is 5.13 Å². The van der Waals surface area contributed by atoms with Crippen LogP contribution in [0.2, 0.25) is 0 Å². The lowest BCUT2D eigenvalue weighted by Gasteiger charge is -2.15. The zero-order valence-electron chi connectivity index (χ0n) is 18.9. The first-order chi connectivity index (χ1) is 16.4. The Balaban J connectivity index is 1.46. The lowest BCUT2D eigenvalue weighted by Crippen LogP contribution is -2.23. The number of nitrogens with one attached hydrogen (secondary N) is 2. The molecule has 1 aromatic carbocycles. The lowest BCUT2D eigenvalue weighted by molar-refractivity contribution is -0.118. The van der Waals surface area contributed by atoms with Crippen molar-refractivity contribution in [3.8, 4) is 16.9 Å². The molecule has 34 heavy (non-hydrogen) atoms. The maximum atomic E-state index is 13.1. The van der Waals surface area contributed by atoms with E-state index in [2.05, 4.69) is 20.0 Å². The van der Waals surface area contributed by atoms with E-state index in [-0.39, 0.29) is 16.3 Å². The summed E-state index contributed by atoms with van der Waals surface area (Å²) in [4.78, 5) is 21.7. The van der Waals surface area contributed by atoms with Gasteiger partial charge in [0.2, 0.25) is 15.9 Å². The van der Waals surface area contributed by atoms with Gasteiger partial charge in [0.1, 0.15) is 5.75 Å². The fourth-order valence-electron chi connectivity index (χ4n) is 3.39. The molecule has 9 nitrogen and oxygen atoms in total. The number of nitrogens with zero attached hydrogens (tertiary/aromatic N) is 2. The summed E-state index contributed by atoms with van der Waals surface area (Å²) in [5, 5.41) is 4.57. The summed E-state index contributed by atoms with van der Waals surface area (Å²) in [6, 6.07) is 9.30. The van der Waals surface area contributed by atoms with E-state index < -0.39 is 15.9 Å². The van der Waals surface area contributed by atoms with Gasteiger partial charge in [-0.3, -0.25) is 14.5 Å². The molecule has 1 saturated carbocycles. The summed E-state index contributed by atoms with van der Waals surface area (Å²) in [5.41, 5.74) is 2.98. The van der Waals surface area contributed by atoms with Crippen LogP contribution in [0.15, 0.2) is 48.1 Å². The molecule has 4 rings (SSSR count). The second kappa shape index (κ2) is 10.5. The molecule has 1 unspecified atom stereocenters. The Bertz CT molecular complexity index is 1240. The molecule has 0 aliphatic heterocycles. The standard InChI is InChI=1S/C23H26N4O5S2/c1-31-10-9-20(21-14-33-23(26-21)27-34(29,30)19-7-8-19)22(28)25-17-5-3-15(4-6-17)16-11-18(32-2)13-24-12-16/h3-6,11-14,19-20H,7-10H2,1-2H3,(H,25,28)(H,26,27). The van der Waals surface area contributed by atoms with Crippen LogP contribution >= 0.6 is 11.3 Å². The largest absolute Gasteiger partial charge is 0.495 e. The number of ether oxygens (including phenoxy) is 2. The van der Waals surface area contributed by atoms with Gasteiger partial charge in [-0.15, -0.1) is 11.3 Å². The number of sulfonamides is 1. The maximum Gasteiger partial charge on any atom is 0.237 e. The molecular weight excluding hydrogens is 476 g/mol. The van der Waals surface area contributed by atoms with E-state index in [0.717, 1.165) is 11.1 Å². The smallest absolute Gasteiger partial charge is 0.237 e. The van der Waals surface area contributed by atoms with E-state index >= 15 is 0 Å². The lowest BCUT2D eigenvalue weighted by atomic mass is 10.0. The average molecular weight is 503 g/mol. The van der Waals surface area contributed by atoms with Crippen LogP contribution in [-0.4, -0.2) is 50.4 Å². The number of benzene rings is 1. The zero-order valence-corrected chi connectivity index (χ0v) is 20.5. The number of anilines is 2. The Morgan fingerprint density at radius 3 is 2.62 bits per heavy atom. The summed E-state index contributed by atoms with van der Waals surface area (Å²) in [6.45, 7) is 0.362. The third-order valence-corrected chi connectivity index (χ3v) is 8.17. The summed E-state index contributed by atoms with van der Waals surface area (Å²) < 4.78 is 37.3. The highest BCUT2D eigenvalue weighted by atomic mass is 32.2. The van der Waals surface area contributed by atoms with Crippen LogP contribution in [0.25, 0.3) is 11.1 Å². The normalized spacial score (nSPS) is 14.4. The number of rotatable bonds is 11. The molecule has 2 aromatic heterocycles. The minimum Gasteiger partial charge on any atom is -0.495 e. The molecule has 2 heterocycles. The fraction of sp³-hybridized carbons (Fsp3) is 0.348. The van der Waals surface area contributed by atoms with Crippen LogP contribution in [0, 0.1) is 0 Å². The monoisotopic (exact) mass is 502 g/mol. The SMILES string of the molecule is COCCC(C(=O)Nc1ccc(-c2cncc(OC)c2)cc1)c1csc(NS(=O)(=O)C2CC2)n1. The summed E-state index contributed by atoms with van der Waals surface area (Å²) >= 11 is 1.17. The van der Waals surface area contributed by atoms with E-state index in [9.17, 15) is 13.2 Å². The van der Waals surface area contributed by atoms with E-state index in [1.54, 1.807) is 32.0 Å². The molecule has 3 aromatic rings. The van der Waals surface area contributed by atoms with E-state index in [1.807, 2.05) is 30.3 Å². The number of aromatic nitrogens is 2. The number of carbonyl (C=O) groups excluding carboxylic acids is 1. The number of methoxy groups -OCH3 is 2. The van der Waals surface area contributed by atoms with Gasteiger partial charge in [-0.25, -0.2) is 13.4 Å². The predicted molar refractivity (Wildman–Crippen MR) is 132 cm³/mol. The van der Waals surface area contributed by atoms with Crippen molar-refractivity contribution in [3.63, 3.8) is 0 Å². The van der Waals surface area contributed by atoms with Crippen molar-refractivity contribution in [1.82, 2.24) is 9.97 Å². The molecule has 1 fully saturated rings. The van der Waals surface area contributed by atoms with Gasteiger partial charge in [-0.05, 0) is 43.0 Å². The van der Waals surface area contributed by atoms with Crippen LogP contribution in [0.1, 0.15) is 30.9 Å². The molecular formula is C23H26N4O5S2. The number of carbonyl (C=O) groups is 1. The molecule has 0 spiro atoms. The Hall–Kier alpha value is -3.02. The second-order valence-electron chi connectivity index (χ2n) is 7.94. The molecule has 2 N–H and O–H groups in total. The van der Waals surface area contributed by atoms with Crippen LogP contribution in [-0.2, 0) is 19.6 Å². The van der Waals surface area contributed by atoms with Crippen molar-refractivity contribution in [2.24, 2.45) is 0 Å². The van der Waals surface area contributed by atoms with E-state index in [1.165, 1.54) is 11.3 Å². The van der Waals surface area contributed by atoms with E-state index in [4.69, 9.17) is 9.47 Å². The van der Waals surface area contributed by atoms with Crippen molar-refractivity contribution in [2.45, 2.75) is 30.4 Å². The van der Waals surface area contributed by atoms with E-state index in [0.29, 0.717) is 43.0 Å². The first-order valence-electron chi connectivity index (χ1n) is 10.8. The minimum atomic E-state index is -3.41. The summed E-state index contributed by atoms with van der Waals surface area (Å²) in [5.74, 6) is -0.162.